The van der Waals surface area contributed by atoms with E-state index < -0.39 is 23.8 Å². The Balaban J connectivity index is 1.82. The average molecular weight is 384 g/mol. The number of carbonyl (C=O) groups excluding carboxylic acids is 4. The second kappa shape index (κ2) is 8.65. The first-order chi connectivity index (χ1) is 12.3. The third-order valence-electron chi connectivity index (χ3n) is 3.52. The van der Waals surface area contributed by atoms with Gasteiger partial charge < -0.3 is 14.8 Å². The molecule has 1 fully saturated rings. The number of rotatable bonds is 7. The lowest BCUT2D eigenvalue weighted by molar-refractivity contribution is -0.130. The molecule has 8 nitrogen and oxygen atoms in total. The number of hydrogen-bond donors (Lipinski definition) is 1. The van der Waals surface area contributed by atoms with Crippen LogP contribution in [0.2, 0.25) is 0 Å². The van der Waals surface area contributed by atoms with Crippen molar-refractivity contribution in [2.75, 3.05) is 26.0 Å². The van der Waals surface area contributed by atoms with Crippen molar-refractivity contribution in [1.82, 2.24) is 10.2 Å². The third-order valence-corrected chi connectivity index (χ3v) is 4.37. The van der Waals surface area contributed by atoms with Crippen LogP contribution in [0.1, 0.15) is 17.3 Å². The Hall–Kier alpha value is -2.62. The zero-order valence-electron chi connectivity index (χ0n) is 14.1. The molecule has 1 aliphatic rings. The Morgan fingerprint density at radius 2 is 2.12 bits per heavy atom. The normalized spacial score (nSPS) is 15.0. The molecular weight excluding hydrogens is 367 g/mol. The molecule has 140 valence electrons. The van der Waals surface area contributed by atoms with E-state index in [0.29, 0.717) is 0 Å². The molecule has 26 heavy (non-hydrogen) atoms. The maximum absolute atomic E-state index is 13.6. The summed E-state index contributed by atoms with van der Waals surface area (Å²) in [6.45, 7) is 1.44. The van der Waals surface area contributed by atoms with Gasteiger partial charge in [-0.25, -0.2) is 9.18 Å². The third kappa shape index (κ3) is 4.72. The van der Waals surface area contributed by atoms with E-state index in [1.807, 2.05) is 0 Å². The van der Waals surface area contributed by atoms with Gasteiger partial charge in [0.2, 0.25) is 5.91 Å². The molecule has 1 atom stereocenters. The van der Waals surface area contributed by atoms with E-state index in [0.717, 1.165) is 22.7 Å². The van der Waals surface area contributed by atoms with Crippen LogP contribution in [0.4, 0.5) is 9.18 Å². The van der Waals surface area contributed by atoms with Crippen LogP contribution < -0.4 is 10.1 Å². The van der Waals surface area contributed by atoms with Crippen LogP contribution in [0.25, 0.3) is 0 Å². The lowest BCUT2D eigenvalue weighted by atomic mass is 10.2. The molecule has 3 amide bonds. The predicted molar refractivity (Wildman–Crippen MR) is 90.4 cm³/mol. The quantitative estimate of drug-likeness (QED) is 0.705. The topological polar surface area (TPSA) is 102 Å². The van der Waals surface area contributed by atoms with Crippen molar-refractivity contribution in [1.29, 1.82) is 0 Å². The molecule has 1 saturated heterocycles. The van der Waals surface area contributed by atoms with Crippen molar-refractivity contribution < 1.29 is 33.0 Å². The Labute approximate surface area is 153 Å². The van der Waals surface area contributed by atoms with Gasteiger partial charge in [-0.1, -0.05) is 11.8 Å². The highest BCUT2D eigenvalue weighted by Crippen LogP contribution is 2.19. The van der Waals surface area contributed by atoms with Gasteiger partial charge in [-0.15, -0.1) is 0 Å². The second-order valence-electron chi connectivity index (χ2n) is 5.29. The van der Waals surface area contributed by atoms with Crippen molar-refractivity contribution in [2.24, 2.45) is 0 Å². The summed E-state index contributed by atoms with van der Waals surface area (Å²) in [6, 6.07) is 3.55. The van der Waals surface area contributed by atoms with Gasteiger partial charge in [0.25, 0.3) is 11.1 Å². The molecule has 0 aromatic heterocycles. The Kier molecular flexibility index (Phi) is 6.56. The number of halogens is 1. The molecule has 1 aliphatic heterocycles. The molecule has 0 radical (unpaired) electrons. The van der Waals surface area contributed by atoms with Crippen molar-refractivity contribution in [3.05, 3.63) is 29.6 Å². The fourth-order valence-electron chi connectivity index (χ4n) is 2.11. The number of ether oxygens (including phenoxy) is 2. The van der Waals surface area contributed by atoms with Gasteiger partial charge in [0.15, 0.2) is 17.7 Å². The minimum Gasteiger partial charge on any atom is -0.494 e. The van der Waals surface area contributed by atoms with Crippen LogP contribution in [0.15, 0.2) is 18.2 Å². The zero-order valence-corrected chi connectivity index (χ0v) is 14.9. The number of nitrogens with zero attached hydrogens (tertiary/aromatic N) is 1. The van der Waals surface area contributed by atoms with Crippen LogP contribution in [0.5, 0.6) is 5.75 Å². The number of hydrogen-bond acceptors (Lipinski definition) is 7. The van der Waals surface area contributed by atoms with Gasteiger partial charge in [0, 0.05) is 13.1 Å². The number of carbonyl (C=O) groups is 4. The van der Waals surface area contributed by atoms with Crippen LogP contribution in [0, 0.1) is 5.82 Å². The first-order valence-electron chi connectivity index (χ1n) is 7.63. The predicted octanol–water partition coefficient (Wildman–Crippen LogP) is 1.19. The maximum atomic E-state index is 13.6. The van der Waals surface area contributed by atoms with E-state index in [9.17, 15) is 23.6 Å². The van der Waals surface area contributed by atoms with Gasteiger partial charge in [-0.3, -0.25) is 19.3 Å². The Bertz CT molecular complexity index is 725. The lowest BCUT2D eigenvalue weighted by Crippen LogP contribution is -2.41. The molecule has 0 spiro atoms. The molecule has 0 unspecified atom stereocenters. The number of imide groups is 1. The molecule has 2 rings (SSSR count). The summed E-state index contributed by atoms with van der Waals surface area (Å²) in [5.41, 5.74) is -0.0618. The van der Waals surface area contributed by atoms with Crippen molar-refractivity contribution in [3.63, 3.8) is 0 Å². The standard InChI is InChI=1S/C16H17FN2O6S/c1-9(14(21)18-5-6-19-13(20)8-26-16(19)23)25-15(22)10-3-4-12(24-2)11(17)7-10/h3-4,7,9H,5-6,8H2,1-2H3,(H,18,21)/t9-/m0/s1. The van der Waals surface area contributed by atoms with Gasteiger partial charge in [0.1, 0.15) is 0 Å². The van der Waals surface area contributed by atoms with Crippen LogP contribution in [-0.4, -0.2) is 60.0 Å². The van der Waals surface area contributed by atoms with Crippen LogP contribution >= 0.6 is 11.8 Å². The summed E-state index contributed by atoms with van der Waals surface area (Å²) in [4.78, 5) is 47.8. The molecule has 0 bridgehead atoms. The van der Waals surface area contributed by atoms with Crippen molar-refractivity contribution in [3.8, 4) is 5.75 Å². The Morgan fingerprint density at radius 3 is 2.69 bits per heavy atom. The van der Waals surface area contributed by atoms with Gasteiger partial charge in [-0.05, 0) is 25.1 Å². The lowest BCUT2D eigenvalue weighted by Gasteiger charge is -2.16. The monoisotopic (exact) mass is 384 g/mol. The van der Waals surface area contributed by atoms with Crippen LogP contribution in [0.3, 0.4) is 0 Å². The molecule has 0 aliphatic carbocycles. The first-order valence-corrected chi connectivity index (χ1v) is 8.61. The highest BCUT2D eigenvalue weighted by Gasteiger charge is 2.29. The average Bonchev–Trinajstić information content (AvgIpc) is 2.93. The van der Waals surface area contributed by atoms with Gasteiger partial charge in [-0.2, -0.15) is 0 Å². The number of thioether (sulfide) groups is 1. The van der Waals surface area contributed by atoms with Crippen molar-refractivity contribution in [2.45, 2.75) is 13.0 Å². The fraction of sp³-hybridized carbons (Fsp3) is 0.375. The van der Waals surface area contributed by atoms with Crippen molar-refractivity contribution >= 4 is 34.8 Å². The molecular formula is C16H17FN2O6S. The molecule has 10 heteroatoms. The molecule has 0 saturated carbocycles. The minimum atomic E-state index is -1.13. The van der Waals surface area contributed by atoms with Gasteiger partial charge in [0.05, 0.1) is 18.4 Å². The van der Waals surface area contributed by atoms with Gasteiger partial charge >= 0.3 is 5.97 Å². The minimum absolute atomic E-state index is 0.0171. The summed E-state index contributed by atoms with van der Waals surface area (Å²) >= 11 is 0.904. The highest BCUT2D eigenvalue weighted by atomic mass is 32.2. The number of nitrogens with one attached hydrogen (secondary N) is 1. The summed E-state index contributed by atoms with van der Waals surface area (Å²) in [5, 5.41) is 2.12. The maximum Gasteiger partial charge on any atom is 0.339 e. The van der Waals surface area contributed by atoms with E-state index in [-0.39, 0.29) is 41.3 Å². The van der Waals surface area contributed by atoms with E-state index in [1.54, 1.807) is 0 Å². The van der Waals surface area contributed by atoms with E-state index in [2.05, 4.69) is 5.32 Å². The molecule has 1 heterocycles. The number of methoxy groups -OCH3 is 1. The van der Waals surface area contributed by atoms with Crippen LogP contribution in [-0.2, 0) is 14.3 Å². The summed E-state index contributed by atoms with van der Waals surface area (Å²) in [5.74, 6) is -2.42. The van der Waals surface area contributed by atoms with E-state index in [4.69, 9.17) is 9.47 Å². The second-order valence-corrected chi connectivity index (χ2v) is 6.21. The molecule has 1 aromatic rings. The number of esters is 1. The van der Waals surface area contributed by atoms with E-state index >= 15 is 0 Å². The summed E-state index contributed by atoms with van der Waals surface area (Å²) < 4.78 is 23.3. The fourth-order valence-corrected chi connectivity index (χ4v) is 2.86. The largest absolute Gasteiger partial charge is 0.494 e. The summed E-state index contributed by atoms with van der Waals surface area (Å²) in [6.07, 6.45) is -1.13. The SMILES string of the molecule is COc1ccc(C(=O)O[C@@H](C)C(=O)NCCN2C(=O)CSC2=O)cc1F. The first kappa shape index (κ1) is 19.7. The highest BCUT2D eigenvalue weighted by molar-refractivity contribution is 8.14. The molecule has 1 aromatic carbocycles. The summed E-state index contributed by atoms with van der Waals surface area (Å²) in [7, 11) is 1.30. The Morgan fingerprint density at radius 1 is 1.38 bits per heavy atom. The van der Waals surface area contributed by atoms with E-state index in [1.165, 1.54) is 26.2 Å². The number of benzene rings is 1. The zero-order chi connectivity index (χ0) is 19.3. The number of amides is 3. The molecule has 1 N–H and O–H groups in total. The smallest absolute Gasteiger partial charge is 0.339 e.